The van der Waals surface area contributed by atoms with Gasteiger partial charge in [-0.15, -0.1) is 0 Å². The average Bonchev–Trinajstić information content (AvgIpc) is 2.71. The minimum Gasteiger partial charge on any atom is -0.500 e. The average molecular weight is 564 g/mol. The minimum absolute atomic E-state index is 0. The van der Waals surface area contributed by atoms with Gasteiger partial charge in [-0.2, -0.15) is 85.6 Å². The van der Waals surface area contributed by atoms with Crippen molar-refractivity contribution >= 4 is 0 Å². The Morgan fingerprint density at radius 2 is 0.793 bits per heavy atom. The Balaban J connectivity index is 0.000000359. The van der Waals surface area contributed by atoms with Gasteiger partial charge in [0, 0.05) is 0 Å². The van der Waals surface area contributed by atoms with Crippen LogP contribution in [0.5, 0.6) is 0 Å². The van der Waals surface area contributed by atoms with Crippen LogP contribution in [0.3, 0.4) is 0 Å². The van der Waals surface area contributed by atoms with Crippen molar-refractivity contribution in [2.24, 2.45) is 0 Å². The first-order valence-corrected chi connectivity index (χ1v) is 10.2. The number of rotatable bonds is 0. The molecule has 2 aliphatic rings. The van der Waals surface area contributed by atoms with E-state index in [2.05, 4.69) is 60.7 Å². The quantitative estimate of drug-likeness (QED) is 0.226. The molecular weight excluding hydrogens is 531 g/mol. The van der Waals surface area contributed by atoms with Crippen molar-refractivity contribution in [1.29, 1.82) is 0 Å². The van der Waals surface area contributed by atoms with E-state index >= 15 is 0 Å². The van der Waals surface area contributed by atoms with E-state index in [4.69, 9.17) is 0 Å². The molecule has 0 heterocycles. The third-order valence-corrected chi connectivity index (χ3v) is 3.70. The summed E-state index contributed by atoms with van der Waals surface area (Å²) < 4.78 is 0. The predicted octanol–water partition coefficient (Wildman–Crippen LogP) is 7.92. The van der Waals surface area contributed by atoms with Gasteiger partial charge in [0.05, 0.1) is 0 Å². The Morgan fingerprint density at radius 1 is 0.414 bits per heavy atom. The first kappa shape index (κ1) is 27.1. The molecule has 0 atom stereocenters. The van der Waals surface area contributed by atoms with Crippen LogP contribution in [0.15, 0.2) is 97.1 Å². The zero-order valence-corrected chi connectivity index (χ0v) is 19.5. The molecule has 2 aromatic rings. The van der Waals surface area contributed by atoms with Crippen LogP contribution in [0, 0.1) is 24.3 Å². The first-order chi connectivity index (χ1) is 14.0. The number of hydrogen-bond acceptors (Lipinski definition) is 0. The van der Waals surface area contributed by atoms with Crippen molar-refractivity contribution in [3.05, 3.63) is 121 Å². The van der Waals surface area contributed by atoms with Crippen molar-refractivity contribution in [1.82, 2.24) is 0 Å². The molecule has 0 fully saturated rings. The summed E-state index contributed by atoms with van der Waals surface area (Å²) in [5, 5.41) is 0. The smallest absolute Gasteiger partial charge is 0.500 e. The second kappa shape index (κ2) is 24.1. The zero-order valence-electron chi connectivity index (χ0n) is 17.2. The van der Waals surface area contributed by atoms with Gasteiger partial charge in [0.15, 0.2) is 0 Å². The Hall–Kier alpha value is -1.91. The van der Waals surface area contributed by atoms with E-state index in [9.17, 15) is 0 Å². The first-order valence-electron chi connectivity index (χ1n) is 10.2. The summed E-state index contributed by atoms with van der Waals surface area (Å²) in [6.45, 7) is 0. The van der Waals surface area contributed by atoms with Crippen molar-refractivity contribution in [3.63, 3.8) is 0 Å². The Kier molecular flexibility index (Phi) is 22.5. The van der Waals surface area contributed by atoms with Crippen LogP contribution < -0.4 is 0 Å². The van der Waals surface area contributed by atoms with Crippen molar-refractivity contribution in [2.75, 3.05) is 0 Å². The molecule has 0 N–H and O–H groups in total. The van der Waals surface area contributed by atoms with Gasteiger partial charge in [0.2, 0.25) is 0 Å². The normalized spacial score (nSPS) is 14.3. The van der Waals surface area contributed by atoms with Gasteiger partial charge in [-0.25, -0.2) is 0 Å². The Morgan fingerprint density at radius 3 is 1.10 bits per heavy atom. The van der Waals surface area contributed by atoms with E-state index in [0.29, 0.717) is 0 Å². The van der Waals surface area contributed by atoms with Gasteiger partial charge in [-0.3, -0.25) is 12.2 Å². The molecule has 0 saturated carbocycles. The van der Waals surface area contributed by atoms with Crippen LogP contribution in [0.2, 0.25) is 0 Å². The molecule has 0 amide bonds. The molecule has 0 saturated heterocycles. The van der Waals surface area contributed by atoms with Crippen LogP contribution in [0.1, 0.15) is 51.4 Å². The summed E-state index contributed by atoms with van der Waals surface area (Å²) >= 11 is 0. The molecule has 4 rings (SSSR count). The van der Waals surface area contributed by atoms with Gasteiger partial charge in [-0.1, -0.05) is 50.0 Å². The van der Waals surface area contributed by atoms with Gasteiger partial charge in [0.25, 0.3) is 0 Å². The van der Waals surface area contributed by atoms with Crippen molar-refractivity contribution < 1.29 is 21.1 Å². The predicted molar refractivity (Wildman–Crippen MR) is 121 cm³/mol. The standard InChI is InChI=1S/2C8H11.2C6H5.Pt/c2*1-2-4-6-8-7-5-3-1;2*1-2-4-6-5-3-1;/h2*1-2,7H,3-6H2;2*1-5H;/q4*-1;+4. The van der Waals surface area contributed by atoms with Gasteiger partial charge >= 0.3 is 21.1 Å². The van der Waals surface area contributed by atoms with E-state index in [1.54, 1.807) is 0 Å². The molecule has 2 aliphatic carbocycles. The molecular formula is C28H32Pt. The fourth-order valence-electron chi connectivity index (χ4n) is 2.26. The molecule has 0 aliphatic heterocycles. The SMILES string of the molecule is [C-]1=CCCC=CCC1.[C-]1=CCCC=CCC1.[Pt+4].[c-]1ccccc1.[c-]1ccccc1. The molecule has 0 unspecified atom stereocenters. The van der Waals surface area contributed by atoms with E-state index in [1.165, 1.54) is 38.5 Å². The van der Waals surface area contributed by atoms with E-state index < -0.39 is 0 Å². The van der Waals surface area contributed by atoms with Crippen LogP contribution in [0.4, 0.5) is 0 Å². The monoisotopic (exact) mass is 563 g/mol. The number of benzene rings is 2. The third-order valence-electron chi connectivity index (χ3n) is 3.70. The molecule has 154 valence electrons. The van der Waals surface area contributed by atoms with Gasteiger partial charge < -0.3 is 12.2 Å². The molecule has 0 nitrogen and oxygen atoms in total. The van der Waals surface area contributed by atoms with Gasteiger partial charge in [0.1, 0.15) is 0 Å². The van der Waals surface area contributed by atoms with Crippen LogP contribution in [-0.2, 0) is 21.1 Å². The van der Waals surface area contributed by atoms with E-state index in [-0.39, 0.29) is 21.1 Å². The van der Waals surface area contributed by atoms with Gasteiger partial charge in [-0.05, 0) is 12.8 Å². The summed E-state index contributed by atoms with van der Waals surface area (Å²) in [7, 11) is 0. The molecule has 0 spiro atoms. The maximum Gasteiger partial charge on any atom is 4.00 e. The summed E-state index contributed by atoms with van der Waals surface area (Å²) in [5.41, 5.74) is 0. The number of allylic oxidation sites excluding steroid dienone is 8. The second-order valence-corrected chi connectivity index (χ2v) is 6.15. The number of hydrogen-bond donors (Lipinski definition) is 0. The fourth-order valence-corrected chi connectivity index (χ4v) is 2.26. The second-order valence-electron chi connectivity index (χ2n) is 6.15. The minimum atomic E-state index is 0. The summed E-state index contributed by atoms with van der Waals surface area (Å²) in [6.07, 6.45) is 29.0. The van der Waals surface area contributed by atoms with Crippen LogP contribution in [-0.4, -0.2) is 0 Å². The Labute approximate surface area is 193 Å². The fraction of sp³-hybridized carbons (Fsp3) is 0.286. The molecule has 0 bridgehead atoms. The molecule has 2 aromatic carbocycles. The van der Waals surface area contributed by atoms with Crippen LogP contribution in [0.25, 0.3) is 0 Å². The molecule has 29 heavy (non-hydrogen) atoms. The summed E-state index contributed by atoms with van der Waals surface area (Å²) in [5.74, 6) is 0. The van der Waals surface area contributed by atoms with Crippen molar-refractivity contribution in [2.45, 2.75) is 51.4 Å². The topological polar surface area (TPSA) is 0 Å². The Bertz CT molecular complexity index is 474. The summed E-state index contributed by atoms with van der Waals surface area (Å²) in [4.78, 5) is 0. The maximum atomic E-state index is 3.21. The van der Waals surface area contributed by atoms with Crippen molar-refractivity contribution in [3.8, 4) is 0 Å². The third kappa shape index (κ3) is 22.2. The summed E-state index contributed by atoms with van der Waals surface area (Å²) in [6, 6.07) is 25.0. The molecule has 0 radical (unpaired) electrons. The maximum absolute atomic E-state index is 3.21. The molecule has 0 aromatic heterocycles. The largest absolute Gasteiger partial charge is 4.00 e. The van der Waals surface area contributed by atoms with E-state index in [0.717, 1.165) is 12.8 Å². The zero-order chi connectivity index (χ0) is 19.8. The van der Waals surface area contributed by atoms with E-state index in [1.807, 2.05) is 60.7 Å². The molecule has 1 heteroatoms. The van der Waals surface area contributed by atoms with Crippen LogP contribution >= 0.6 is 0 Å².